The highest BCUT2D eigenvalue weighted by atomic mass is 16.5. The van der Waals surface area contributed by atoms with Crippen LogP contribution in [-0.4, -0.2) is 72.2 Å². The van der Waals surface area contributed by atoms with E-state index in [4.69, 9.17) is 33.2 Å². The molecule has 5 rings (SSSR count). The van der Waals surface area contributed by atoms with Gasteiger partial charge in [0.15, 0.2) is 0 Å². The predicted molar refractivity (Wildman–Crippen MR) is 174 cm³/mol. The Balaban J connectivity index is 0.000000212. The number of unbranched alkanes of at least 4 members (excludes halogenated alkanes) is 1. The Kier molecular flexibility index (Phi) is 13.4. The van der Waals surface area contributed by atoms with Gasteiger partial charge in [0.25, 0.3) is 0 Å². The summed E-state index contributed by atoms with van der Waals surface area (Å²) in [5.41, 5.74) is 1.55. The zero-order valence-electron chi connectivity index (χ0n) is 27.2. The molecule has 9 heteroatoms. The van der Waals surface area contributed by atoms with Gasteiger partial charge in [0, 0.05) is 17.6 Å². The topological polar surface area (TPSA) is 98.8 Å². The van der Waals surface area contributed by atoms with Gasteiger partial charge in [-0.05, 0) is 98.5 Å². The molecule has 9 nitrogen and oxygen atoms in total. The van der Waals surface area contributed by atoms with Crippen molar-refractivity contribution in [3.8, 4) is 23.0 Å². The molecule has 0 spiro atoms. The summed E-state index contributed by atoms with van der Waals surface area (Å²) in [6, 6.07) is 21.0. The summed E-state index contributed by atoms with van der Waals surface area (Å²) in [6.07, 6.45) is 4.93. The van der Waals surface area contributed by atoms with E-state index in [0.717, 1.165) is 83.1 Å². The van der Waals surface area contributed by atoms with Crippen LogP contribution in [0.3, 0.4) is 0 Å². The van der Waals surface area contributed by atoms with Crippen LogP contribution in [0.25, 0.3) is 0 Å². The molecule has 0 unspecified atom stereocenters. The van der Waals surface area contributed by atoms with Crippen molar-refractivity contribution >= 4 is 12.3 Å². The molecule has 2 heterocycles. The minimum atomic E-state index is -0.408. The molecule has 0 bridgehead atoms. The van der Waals surface area contributed by atoms with Gasteiger partial charge in [-0.15, -0.1) is 0 Å². The van der Waals surface area contributed by atoms with Crippen LogP contribution in [0.1, 0.15) is 60.2 Å². The predicted octanol–water partition coefficient (Wildman–Crippen LogP) is 6.82. The molecule has 46 heavy (non-hydrogen) atoms. The molecule has 0 saturated carbocycles. The van der Waals surface area contributed by atoms with E-state index in [9.17, 15) is 9.59 Å². The maximum atomic E-state index is 12.2. The van der Waals surface area contributed by atoms with Gasteiger partial charge in [0.2, 0.25) is 0 Å². The maximum absolute atomic E-state index is 12.2. The van der Waals surface area contributed by atoms with Crippen LogP contribution in [0.4, 0.5) is 0 Å². The van der Waals surface area contributed by atoms with E-state index < -0.39 is 5.97 Å². The van der Waals surface area contributed by atoms with Crippen LogP contribution in [0.5, 0.6) is 23.0 Å². The first-order valence-electron chi connectivity index (χ1n) is 15.9. The van der Waals surface area contributed by atoms with Crippen molar-refractivity contribution in [3.63, 3.8) is 0 Å². The number of carbonyl (C=O) groups is 2. The number of benzene rings is 3. The molecule has 0 N–H and O–H groups in total. The average molecular weight is 635 g/mol. The van der Waals surface area contributed by atoms with Gasteiger partial charge in [0.1, 0.15) is 29.3 Å². The third-order valence-corrected chi connectivity index (χ3v) is 8.41. The third kappa shape index (κ3) is 10.3. The van der Waals surface area contributed by atoms with Gasteiger partial charge in [-0.2, -0.15) is 0 Å². The van der Waals surface area contributed by atoms with Crippen molar-refractivity contribution in [1.29, 1.82) is 0 Å². The Morgan fingerprint density at radius 1 is 0.696 bits per heavy atom. The van der Waals surface area contributed by atoms with Crippen molar-refractivity contribution in [2.45, 2.75) is 39.5 Å². The lowest BCUT2D eigenvalue weighted by atomic mass is 9.84. The Bertz CT molecular complexity index is 1320. The lowest BCUT2D eigenvalue weighted by molar-refractivity contribution is -0.150. The summed E-state index contributed by atoms with van der Waals surface area (Å²) in [5.74, 6) is 2.32. The number of aldehydes is 1. The number of methoxy groups -OCH3 is 1. The lowest BCUT2D eigenvalue weighted by Crippen LogP contribution is -2.46. The zero-order valence-corrected chi connectivity index (χ0v) is 27.2. The summed E-state index contributed by atoms with van der Waals surface area (Å²) < 4.78 is 38.2. The fourth-order valence-electron chi connectivity index (χ4n) is 4.72. The number of esters is 1. The highest BCUT2D eigenvalue weighted by Gasteiger charge is 2.38. The minimum Gasteiger partial charge on any atom is -0.497 e. The Labute approximate surface area is 272 Å². The molecule has 0 amide bonds. The zero-order chi connectivity index (χ0) is 32.7. The molecule has 2 aliphatic heterocycles. The number of rotatable bonds is 17. The van der Waals surface area contributed by atoms with E-state index in [2.05, 4.69) is 13.8 Å². The molecule has 0 radical (unpaired) electrons. The van der Waals surface area contributed by atoms with Gasteiger partial charge in [-0.1, -0.05) is 13.8 Å². The van der Waals surface area contributed by atoms with Crippen molar-refractivity contribution < 1.29 is 42.7 Å². The third-order valence-electron chi connectivity index (χ3n) is 8.41. The average Bonchev–Trinajstić information content (AvgIpc) is 3.06. The summed E-state index contributed by atoms with van der Waals surface area (Å²) >= 11 is 0. The highest BCUT2D eigenvalue weighted by molar-refractivity contribution is 5.91. The number of carbonyl (C=O) groups excluding carboxylic acids is 2. The minimum absolute atomic E-state index is 0.131. The largest absolute Gasteiger partial charge is 0.497 e. The van der Waals surface area contributed by atoms with Gasteiger partial charge >= 0.3 is 5.97 Å². The molecular weight excluding hydrogens is 588 g/mol. The first-order valence-corrected chi connectivity index (χ1v) is 15.9. The van der Waals surface area contributed by atoms with E-state index in [0.29, 0.717) is 35.8 Å². The maximum Gasteiger partial charge on any atom is 0.343 e. The molecular formula is C37H46O9. The Hall–Kier alpha value is -3.92. The normalized spacial score (nSPS) is 15.6. The van der Waals surface area contributed by atoms with Crippen molar-refractivity contribution in [3.05, 3.63) is 83.9 Å². The second-order valence-electron chi connectivity index (χ2n) is 11.9. The summed E-state index contributed by atoms with van der Waals surface area (Å²) in [7, 11) is 1.59. The van der Waals surface area contributed by atoms with Crippen LogP contribution < -0.4 is 18.9 Å². The second-order valence-corrected chi connectivity index (χ2v) is 11.9. The van der Waals surface area contributed by atoms with Crippen LogP contribution in [0.15, 0.2) is 72.8 Å². The number of ether oxygens (including phenoxy) is 7. The molecule has 3 aromatic rings. The molecule has 2 saturated heterocycles. The fourth-order valence-corrected chi connectivity index (χ4v) is 4.72. The smallest absolute Gasteiger partial charge is 0.343 e. The van der Waals surface area contributed by atoms with E-state index >= 15 is 0 Å². The molecule has 3 aromatic carbocycles. The standard InChI is InChI=1S/C20H22O5.C17H24O4/c1-3-20(12-23-13-20)14-24-17-6-4-15(5-7-17)19(21)25-18-10-8-16(22-2)9-11-18;1-2-17(13-20-14-17)12-19-9-3-4-10-21-16-7-5-15(11-18)6-8-16/h4-11H,3,12-14H2,1-2H3;5-8,11H,2-4,9-10,12-14H2,1H3. The highest BCUT2D eigenvalue weighted by Crippen LogP contribution is 2.32. The van der Waals surface area contributed by atoms with Crippen LogP contribution in [-0.2, 0) is 14.2 Å². The summed E-state index contributed by atoms with van der Waals surface area (Å²) in [4.78, 5) is 22.7. The summed E-state index contributed by atoms with van der Waals surface area (Å²) in [6.45, 7) is 10.4. The van der Waals surface area contributed by atoms with Gasteiger partial charge in [-0.25, -0.2) is 4.79 Å². The Morgan fingerprint density at radius 3 is 1.76 bits per heavy atom. The van der Waals surface area contributed by atoms with E-state index in [1.165, 1.54) is 0 Å². The SMILES string of the molecule is CCC1(COCCCCOc2ccc(C=O)cc2)COC1.CCC1(COc2ccc(C(=O)Oc3ccc(OC)cc3)cc2)COC1. The second kappa shape index (κ2) is 17.7. The molecule has 2 fully saturated rings. The number of hydrogen-bond acceptors (Lipinski definition) is 9. The lowest BCUT2D eigenvalue weighted by Gasteiger charge is -2.40. The monoisotopic (exact) mass is 634 g/mol. The summed E-state index contributed by atoms with van der Waals surface area (Å²) in [5, 5.41) is 0. The number of hydrogen-bond donors (Lipinski definition) is 0. The van der Waals surface area contributed by atoms with Gasteiger partial charge in [0.05, 0.1) is 64.3 Å². The van der Waals surface area contributed by atoms with Gasteiger partial charge < -0.3 is 33.2 Å². The van der Waals surface area contributed by atoms with Crippen molar-refractivity contribution in [1.82, 2.24) is 0 Å². The van der Waals surface area contributed by atoms with E-state index in [1.54, 1.807) is 67.8 Å². The molecule has 0 aliphatic carbocycles. The fraction of sp³-hybridized carbons (Fsp3) is 0.459. The van der Waals surface area contributed by atoms with Crippen molar-refractivity contribution in [2.75, 3.05) is 60.0 Å². The van der Waals surface area contributed by atoms with E-state index in [1.807, 2.05) is 12.1 Å². The molecule has 0 aromatic heterocycles. The van der Waals surface area contributed by atoms with E-state index in [-0.39, 0.29) is 10.8 Å². The Morgan fingerprint density at radius 2 is 1.22 bits per heavy atom. The van der Waals surface area contributed by atoms with Crippen LogP contribution in [0, 0.1) is 10.8 Å². The molecule has 248 valence electrons. The van der Waals surface area contributed by atoms with Crippen molar-refractivity contribution in [2.24, 2.45) is 10.8 Å². The first kappa shape index (κ1) is 34.9. The molecule has 0 atom stereocenters. The van der Waals surface area contributed by atoms with Crippen LogP contribution >= 0.6 is 0 Å². The first-order chi connectivity index (χ1) is 22.4. The van der Waals surface area contributed by atoms with Crippen LogP contribution in [0.2, 0.25) is 0 Å². The van der Waals surface area contributed by atoms with Gasteiger partial charge in [-0.3, -0.25) is 4.79 Å². The molecule has 2 aliphatic rings. The quantitative estimate of drug-likeness (QED) is 0.0686.